The van der Waals surface area contributed by atoms with Gasteiger partial charge in [-0.2, -0.15) is 0 Å². The van der Waals surface area contributed by atoms with E-state index in [0.717, 1.165) is 16.7 Å². The van der Waals surface area contributed by atoms with Gasteiger partial charge in [-0.05, 0) is 12.1 Å². The average molecular weight is 224 g/mol. The SMILES string of the molecule is [NH3+][C@@H](c1ccccc1)c1cc2ccccc2o1. The van der Waals surface area contributed by atoms with Crippen LogP contribution in [0.25, 0.3) is 11.0 Å². The number of para-hydroxylation sites is 1. The van der Waals surface area contributed by atoms with Crippen molar-refractivity contribution in [2.75, 3.05) is 0 Å². The van der Waals surface area contributed by atoms with Crippen LogP contribution in [0.4, 0.5) is 0 Å². The molecule has 0 aliphatic rings. The van der Waals surface area contributed by atoms with E-state index in [0.29, 0.717) is 0 Å². The molecule has 84 valence electrons. The zero-order valence-electron chi connectivity index (χ0n) is 9.47. The highest BCUT2D eigenvalue weighted by Crippen LogP contribution is 2.25. The van der Waals surface area contributed by atoms with Crippen molar-refractivity contribution in [2.24, 2.45) is 0 Å². The van der Waals surface area contributed by atoms with E-state index in [4.69, 9.17) is 4.42 Å². The first-order valence-electron chi connectivity index (χ1n) is 5.71. The molecule has 0 saturated heterocycles. The summed E-state index contributed by atoms with van der Waals surface area (Å²) in [6.07, 6.45) is 0. The number of benzene rings is 2. The van der Waals surface area contributed by atoms with E-state index in [-0.39, 0.29) is 6.04 Å². The summed E-state index contributed by atoms with van der Waals surface area (Å²) >= 11 is 0. The van der Waals surface area contributed by atoms with Crippen molar-refractivity contribution >= 4 is 11.0 Å². The lowest BCUT2D eigenvalue weighted by molar-refractivity contribution is -0.415. The molecule has 0 saturated carbocycles. The van der Waals surface area contributed by atoms with Crippen LogP contribution in [0.3, 0.4) is 0 Å². The van der Waals surface area contributed by atoms with Crippen LogP contribution < -0.4 is 5.73 Å². The zero-order valence-corrected chi connectivity index (χ0v) is 9.47. The molecule has 17 heavy (non-hydrogen) atoms. The number of furan rings is 1. The molecule has 1 heterocycles. The third-order valence-electron chi connectivity index (χ3n) is 2.99. The van der Waals surface area contributed by atoms with Gasteiger partial charge >= 0.3 is 0 Å². The monoisotopic (exact) mass is 224 g/mol. The van der Waals surface area contributed by atoms with Crippen LogP contribution >= 0.6 is 0 Å². The van der Waals surface area contributed by atoms with Gasteiger partial charge in [0, 0.05) is 10.9 Å². The Morgan fingerprint density at radius 3 is 2.35 bits per heavy atom. The molecule has 0 bridgehead atoms. The summed E-state index contributed by atoms with van der Waals surface area (Å²) in [5, 5.41) is 1.13. The highest BCUT2D eigenvalue weighted by Gasteiger charge is 2.16. The molecule has 0 spiro atoms. The summed E-state index contributed by atoms with van der Waals surface area (Å²) in [6, 6.07) is 20.4. The van der Waals surface area contributed by atoms with Gasteiger partial charge in [0.05, 0.1) is 0 Å². The van der Waals surface area contributed by atoms with E-state index in [1.54, 1.807) is 0 Å². The Bertz CT molecular complexity index is 594. The number of hydrogen-bond acceptors (Lipinski definition) is 1. The fourth-order valence-electron chi connectivity index (χ4n) is 2.02. The maximum absolute atomic E-state index is 5.82. The van der Waals surface area contributed by atoms with Crippen LogP contribution in [-0.2, 0) is 0 Å². The van der Waals surface area contributed by atoms with Crippen molar-refractivity contribution in [3.8, 4) is 0 Å². The molecule has 0 unspecified atom stereocenters. The minimum Gasteiger partial charge on any atom is -0.454 e. The first-order chi connectivity index (χ1) is 8.34. The summed E-state index contributed by atoms with van der Waals surface area (Å²) in [5.74, 6) is 0.914. The molecule has 0 radical (unpaired) electrons. The Kier molecular flexibility index (Phi) is 2.42. The normalized spacial score (nSPS) is 12.8. The number of fused-ring (bicyclic) bond motifs is 1. The van der Waals surface area contributed by atoms with E-state index >= 15 is 0 Å². The fourth-order valence-corrected chi connectivity index (χ4v) is 2.02. The summed E-state index contributed by atoms with van der Waals surface area (Å²) in [5.41, 5.74) is 6.28. The fraction of sp³-hybridized carbons (Fsp3) is 0.0667. The van der Waals surface area contributed by atoms with E-state index in [1.807, 2.05) is 36.4 Å². The van der Waals surface area contributed by atoms with Gasteiger partial charge in [-0.1, -0.05) is 48.5 Å². The van der Waals surface area contributed by atoms with Crippen molar-refractivity contribution in [3.05, 3.63) is 72.0 Å². The zero-order chi connectivity index (χ0) is 11.7. The van der Waals surface area contributed by atoms with Gasteiger partial charge < -0.3 is 10.2 Å². The maximum atomic E-state index is 5.82. The van der Waals surface area contributed by atoms with Gasteiger partial charge in [-0.25, -0.2) is 0 Å². The first kappa shape index (κ1) is 10.1. The van der Waals surface area contributed by atoms with Crippen LogP contribution in [-0.4, -0.2) is 0 Å². The first-order valence-corrected chi connectivity index (χ1v) is 5.71. The van der Waals surface area contributed by atoms with E-state index in [1.165, 1.54) is 5.56 Å². The Balaban J connectivity index is 2.04. The third kappa shape index (κ3) is 1.83. The van der Waals surface area contributed by atoms with Gasteiger partial charge in [0.25, 0.3) is 0 Å². The molecule has 0 aliphatic heterocycles. The molecular weight excluding hydrogens is 210 g/mol. The molecule has 3 rings (SSSR count). The van der Waals surface area contributed by atoms with Gasteiger partial charge in [-0.3, -0.25) is 0 Å². The summed E-state index contributed by atoms with van der Waals surface area (Å²) in [6.45, 7) is 0. The lowest BCUT2D eigenvalue weighted by atomic mass is 10.1. The summed E-state index contributed by atoms with van der Waals surface area (Å²) in [4.78, 5) is 0. The summed E-state index contributed by atoms with van der Waals surface area (Å²) < 4.78 is 5.82. The van der Waals surface area contributed by atoms with Crippen LogP contribution in [0, 0.1) is 0 Å². The Morgan fingerprint density at radius 2 is 1.59 bits per heavy atom. The lowest BCUT2D eigenvalue weighted by Gasteiger charge is -2.04. The molecule has 0 fully saturated rings. The number of quaternary nitrogens is 1. The van der Waals surface area contributed by atoms with Crippen LogP contribution in [0.5, 0.6) is 0 Å². The van der Waals surface area contributed by atoms with Crippen LogP contribution in [0.2, 0.25) is 0 Å². The predicted octanol–water partition coefficient (Wildman–Crippen LogP) is 2.76. The molecule has 0 amide bonds. The van der Waals surface area contributed by atoms with Crippen molar-refractivity contribution in [1.29, 1.82) is 0 Å². The van der Waals surface area contributed by atoms with Crippen molar-refractivity contribution in [1.82, 2.24) is 0 Å². The Morgan fingerprint density at radius 1 is 0.882 bits per heavy atom. The van der Waals surface area contributed by atoms with Crippen LogP contribution in [0.1, 0.15) is 17.4 Å². The summed E-state index contributed by atoms with van der Waals surface area (Å²) in [7, 11) is 0. The van der Waals surface area contributed by atoms with Crippen molar-refractivity contribution in [3.63, 3.8) is 0 Å². The minimum absolute atomic E-state index is 0.0450. The van der Waals surface area contributed by atoms with Crippen LogP contribution in [0.15, 0.2) is 65.1 Å². The molecular formula is C15H14NO+. The van der Waals surface area contributed by atoms with E-state index in [9.17, 15) is 0 Å². The highest BCUT2D eigenvalue weighted by molar-refractivity contribution is 5.77. The van der Waals surface area contributed by atoms with Gasteiger partial charge in [0.2, 0.25) is 0 Å². The van der Waals surface area contributed by atoms with Gasteiger partial charge in [0.15, 0.2) is 11.8 Å². The second-order valence-electron chi connectivity index (χ2n) is 4.15. The molecule has 2 nitrogen and oxygen atoms in total. The molecule has 3 N–H and O–H groups in total. The molecule has 3 aromatic rings. The quantitative estimate of drug-likeness (QED) is 0.714. The van der Waals surface area contributed by atoms with E-state index in [2.05, 4.69) is 30.0 Å². The Labute approximate surface area is 99.7 Å². The average Bonchev–Trinajstić information content (AvgIpc) is 2.82. The number of hydrogen-bond donors (Lipinski definition) is 1. The maximum Gasteiger partial charge on any atom is 0.169 e. The van der Waals surface area contributed by atoms with Crippen molar-refractivity contribution in [2.45, 2.75) is 6.04 Å². The predicted molar refractivity (Wildman–Crippen MR) is 67.4 cm³/mol. The van der Waals surface area contributed by atoms with Gasteiger partial charge in [0.1, 0.15) is 5.58 Å². The molecule has 2 aromatic carbocycles. The standard InChI is InChI=1S/C15H13NO/c16-15(11-6-2-1-3-7-11)14-10-12-8-4-5-9-13(12)17-14/h1-10,15H,16H2/p+1/t15-/m0/s1. The molecule has 0 aliphatic carbocycles. The smallest absolute Gasteiger partial charge is 0.169 e. The highest BCUT2D eigenvalue weighted by atomic mass is 16.3. The second-order valence-corrected chi connectivity index (χ2v) is 4.15. The molecule has 2 heteroatoms. The third-order valence-corrected chi connectivity index (χ3v) is 2.99. The Hall–Kier alpha value is -2.06. The van der Waals surface area contributed by atoms with E-state index < -0.39 is 0 Å². The number of rotatable bonds is 2. The second kappa shape index (κ2) is 4.07. The van der Waals surface area contributed by atoms with Crippen molar-refractivity contribution < 1.29 is 10.2 Å². The minimum atomic E-state index is 0.0450. The molecule has 1 atom stereocenters. The largest absolute Gasteiger partial charge is 0.454 e. The lowest BCUT2D eigenvalue weighted by Crippen LogP contribution is -2.53. The van der Waals surface area contributed by atoms with Gasteiger partial charge in [-0.15, -0.1) is 0 Å². The topological polar surface area (TPSA) is 40.8 Å². The molecule has 1 aromatic heterocycles.